The molecule has 1 N–H and O–H groups in total. The van der Waals surface area contributed by atoms with E-state index in [0.717, 1.165) is 18.8 Å². The molecule has 19 heavy (non-hydrogen) atoms. The summed E-state index contributed by atoms with van der Waals surface area (Å²) in [4.78, 5) is 10.1. The van der Waals surface area contributed by atoms with Crippen LogP contribution in [0.4, 0.5) is 5.69 Å². The second-order valence-electron chi connectivity index (χ2n) is 4.29. The van der Waals surface area contributed by atoms with Crippen molar-refractivity contribution < 1.29 is 9.84 Å². The first-order valence-corrected chi connectivity index (χ1v) is 6.00. The van der Waals surface area contributed by atoms with Crippen LogP contribution in [-0.2, 0) is 4.74 Å². The third kappa shape index (κ3) is 2.04. The summed E-state index contributed by atoms with van der Waals surface area (Å²) in [6.45, 7) is 2.90. The van der Waals surface area contributed by atoms with Gasteiger partial charge in [0, 0.05) is 24.8 Å². The minimum absolute atomic E-state index is 0.0381. The van der Waals surface area contributed by atoms with E-state index in [0.29, 0.717) is 24.1 Å². The largest absolute Gasteiger partial charge is 0.507 e. The molecule has 96 valence electrons. The highest BCUT2D eigenvalue weighted by molar-refractivity contribution is 5.91. The quantitative estimate of drug-likeness (QED) is 0.821. The Labute approximate surface area is 109 Å². The predicted octanol–water partition coefficient (Wildman–Crippen LogP) is 1.04. The van der Waals surface area contributed by atoms with Gasteiger partial charge >= 0.3 is 0 Å². The van der Waals surface area contributed by atoms with Gasteiger partial charge in [-0.3, -0.25) is 0 Å². The lowest BCUT2D eigenvalue weighted by atomic mass is 10.1. The van der Waals surface area contributed by atoms with Crippen LogP contribution in [0.1, 0.15) is 5.69 Å². The van der Waals surface area contributed by atoms with Gasteiger partial charge < -0.3 is 14.7 Å². The number of rotatable bonds is 1. The van der Waals surface area contributed by atoms with E-state index < -0.39 is 0 Å². The van der Waals surface area contributed by atoms with E-state index in [2.05, 4.69) is 14.9 Å². The Bertz CT molecular complexity index is 659. The topological polar surface area (TPSA) is 82.3 Å². The van der Waals surface area contributed by atoms with Crippen LogP contribution in [0.2, 0.25) is 0 Å². The Morgan fingerprint density at radius 3 is 2.79 bits per heavy atom. The Kier molecular flexibility index (Phi) is 2.89. The molecular formula is C13H12N4O2. The number of hydrogen-bond donors (Lipinski definition) is 1. The molecule has 1 fully saturated rings. The maximum absolute atomic E-state index is 10.1. The zero-order valence-electron chi connectivity index (χ0n) is 10.2. The van der Waals surface area contributed by atoms with E-state index in [-0.39, 0.29) is 11.4 Å². The highest BCUT2D eigenvalue weighted by Gasteiger charge is 2.15. The van der Waals surface area contributed by atoms with Crippen LogP contribution in [0, 0.1) is 11.3 Å². The van der Waals surface area contributed by atoms with Crippen LogP contribution in [0.25, 0.3) is 10.9 Å². The Hall–Kier alpha value is -2.39. The molecule has 0 atom stereocenters. The summed E-state index contributed by atoms with van der Waals surface area (Å²) < 4.78 is 5.30. The number of ether oxygens (including phenoxy) is 1. The van der Waals surface area contributed by atoms with E-state index in [1.54, 1.807) is 6.07 Å². The lowest BCUT2D eigenvalue weighted by molar-refractivity contribution is 0.122. The van der Waals surface area contributed by atoms with Crippen molar-refractivity contribution in [3.05, 3.63) is 24.2 Å². The Morgan fingerprint density at radius 1 is 1.26 bits per heavy atom. The molecule has 0 aliphatic carbocycles. The molecule has 1 aliphatic heterocycles. The number of nitrogens with zero attached hydrogens (tertiary/aromatic N) is 4. The van der Waals surface area contributed by atoms with Crippen molar-refractivity contribution in [3.8, 4) is 11.8 Å². The first-order chi connectivity index (χ1) is 9.29. The van der Waals surface area contributed by atoms with E-state index >= 15 is 0 Å². The molecule has 0 radical (unpaired) electrons. The van der Waals surface area contributed by atoms with Gasteiger partial charge in [0.05, 0.1) is 24.1 Å². The van der Waals surface area contributed by atoms with Crippen LogP contribution >= 0.6 is 0 Å². The van der Waals surface area contributed by atoms with E-state index in [1.807, 2.05) is 12.1 Å². The molecule has 0 saturated carbocycles. The molecule has 1 saturated heterocycles. The van der Waals surface area contributed by atoms with Gasteiger partial charge in [0.1, 0.15) is 18.1 Å². The predicted molar refractivity (Wildman–Crippen MR) is 68.9 cm³/mol. The highest BCUT2D eigenvalue weighted by atomic mass is 16.5. The first-order valence-electron chi connectivity index (χ1n) is 6.00. The van der Waals surface area contributed by atoms with Crippen LogP contribution in [0.5, 0.6) is 5.75 Å². The van der Waals surface area contributed by atoms with E-state index in [9.17, 15) is 5.11 Å². The van der Waals surface area contributed by atoms with Crippen molar-refractivity contribution in [3.63, 3.8) is 0 Å². The molecular weight excluding hydrogens is 244 g/mol. The molecule has 0 amide bonds. The van der Waals surface area contributed by atoms with Gasteiger partial charge in [-0.25, -0.2) is 9.97 Å². The van der Waals surface area contributed by atoms with Gasteiger partial charge in [0.2, 0.25) is 0 Å². The van der Waals surface area contributed by atoms with Crippen molar-refractivity contribution in [1.82, 2.24) is 9.97 Å². The SMILES string of the molecule is N#Cc1ncnc2cc(N3CCOCC3)cc(O)c12. The van der Waals surface area contributed by atoms with Crippen LogP contribution in [0.3, 0.4) is 0 Å². The highest BCUT2D eigenvalue weighted by Crippen LogP contribution is 2.31. The molecule has 0 spiro atoms. The number of phenolic OH excluding ortho intramolecular Hbond substituents is 1. The zero-order chi connectivity index (χ0) is 13.2. The summed E-state index contributed by atoms with van der Waals surface area (Å²) in [7, 11) is 0. The zero-order valence-corrected chi connectivity index (χ0v) is 10.2. The maximum Gasteiger partial charge on any atom is 0.155 e. The van der Waals surface area contributed by atoms with Gasteiger partial charge in [-0.15, -0.1) is 0 Å². The fourth-order valence-corrected chi connectivity index (χ4v) is 2.24. The monoisotopic (exact) mass is 256 g/mol. The molecule has 6 nitrogen and oxygen atoms in total. The average Bonchev–Trinajstić information content (AvgIpc) is 2.47. The molecule has 0 bridgehead atoms. The van der Waals surface area contributed by atoms with E-state index in [1.165, 1.54) is 6.33 Å². The standard InChI is InChI=1S/C13H12N4O2/c14-7-11-13-10(15-8-16-11)5-9(6-12(13)18)17-1-3-19-4-2-17/h5-6,8,18H,1-4H2. The number of nitriles is 1. The van der Waals surface area contributed by atoms with Crippen molar-refractivity contribution in [2.75, 3.05) is 31.2 Å². The number of morpholine rings is 1. The van der Waals surface area contributed by atoms with Crippen molar-refractivity contribution in [2.24, 2.45) is 0 Å². The Morgan fingerprint density at radius 2 is 2.05 bits per heavy atom. The molecule has 1 aromatic heterocycles. The summed E-state index contributed by atoms with van der Waals surface area (Å²) in [6, 6.07) is 5.48. The number of phenols is 1. The van der Waals surface area contributed by atoms with Crippen molar-refractivity contribution in [2.45, 2.75) is 0 Å². The lowest BCUT2D eigenvalue weighted by Crippen LogP contribution is -2.36. The Balaban J connectivity index is 2.12. The number of hydrogen-bond acceptors (Lipinski definition) is 6. The lowest BCUT2D eigenvalue weighted by Gasteiger charge is -2.29. The van der Waals surface area contributed by atoms with Gasteiger partial charge in [-0.1, -0.05) is 0 Å². The maximum atomic E-state index is 10.1. The number of anilines is 1. The number of aromatic nitrogens is 2. The van der Waals surface area contributed by atoms with Gasteiger partial charge in [0.25, 0.3) is 0 Å². The van der Waals surface area contributed by atoms with Crippen LogP contribution in [-0.4, -0.2) is 41.4 Å². The van der Waals surface area contributed by atoms with Gasteiger partial charge in [-0.05, 0) is 6.07 Å². The molecule has 0 unspecified atom stereocenters. The summed E-state index contributed by atoms with van der Waals surface area (Å²) in [5, 5.41) is 19.5. The number of fused-ring (bicyclic) bond motifs is 1. The molecule has 2 heterocycles. The average molecular weight is 256 g/mol. The molecule has 6 heteroatoms. The smallest absolute Gasteiger partial charge is 0.155 e. The third-order valence-electron chi connectivity index (χ3n) is 3.18. The molecule has 2 aromatic rings. The summed E-state index contributed by atoms with van der Waals surface area (Å²) >= 11 is 0. The third-order valence-corrected chi connectivity index (χ3v) is 3.18. The number of benzene rings is 1. The second kappa shape index (κ2) is 4.71. The fraction of sp³-hybridized carbons (Fsp3) is 0.308. The first kappa shape index (κ1) is 11.7. The molecule has 1 aliphatic rings. The van der Waals surface area contributed by atoms with Gasteiger partial charge in [-0.2, -0.15) is 5.26 Å². The summed E-state index contributed by atoms with van der Waals surface area (Å²) in [5.41, 5.74) is 1.65. The minimum atomic E-state index is 0.0381. The molecule has 3 rings (SSSR count). The molecule has 1 aromatic carbocycles. The van der Waals surface area contributed by atoms with E-state index in [4.69, 9.17) is 10.00 Å². The van der Waals surface area contributed by atoms with Crippen LogP contribution in [0.15, 0.2) is 18.5 Å². The fourth-order valence-electron chi connectivity index (χ4n) is 2.24. The van der Waals surface area contributed by atoms with Crippen molar-refractivity contribution in [1.29, 1.82) is 5.26 Å². The van der Waals surface area contributed by atoms with Crippen LogP contribution < -0.4 is 4.90 Å². The minimum Gasteiger partial charge on any atom is -0.507 e. The normalized spacial score (nSPS) is 15.4. The van der Waals surface area contributed by atoms with Crippen molar-refractivity contribution >= 4 is 16.6 Å². The summed E-state index contributed by atoms with van der Waals surface area (Å²) in [5.74, 6) is 0.0381. The van der Waals surface area contributed by atoms with Gasteiger partial charge in [0.15, 0.2) is 5.69 Å². The second-order valence-corrected chi connectivity index (χ2v) is 4.29. The number of aromatic hydroxyl groups is 1. The summed E-state index contributed by atoms with van der Waals surface area (Å²) in [6.07, 6.45) is 1.34.